The van der Waals surface area contributed by atoms with Crippen molar-refractivity contribution < 1.29 is 4.79 Å². The number of nitrogens with one attached hydrogen (secondary N) is 1. The molecule has 0 bridgehead atoms. The molecule has 0 radical (unpaired) electrons. The van der Waals surface area contributed by atoms with E-state index in [0.717, 1.165) is 26.4 Å². The number of halogens is 3. The Hall–Kier alpha value is -0.650. The van der Waals surface area contributed by atoms with Gasteiger partial charge in [0.2, 0.25) is 0 Å². The van der Waals surface area contributed by atoms with E-state index in [9.17, 15) is 4.79 Å². The molecule has 1 amide bonds. The molecule has 0 aromatic heterocycles. The van der Waals surface area contributed by atoms with Crippen molar-refractivity contribution in [2.45, 2.75) is 6.42 Å². The van der Waals surface area contributed by atoms with Crippen LogP contribution in [0.5, 0.6) is 0 Å². The maximum atomic E-state index is 12.2. The third-order valence-electron chi connectivity index (χ3n) is 2.72. The van der Waals surface area contributed by atoms with Crippen LogP contribution >= 0.6 is 47.8 Å². The molecule has 2 aromatic rings. The van der Waals surface area contributed by atoms with E-state index in [1.807, 2.05) is 30.3 Å². The molecule has 0 atom stereocenters. The normalized spacial score (nSPS) is 10.3. The van der Waals surface area contributed by atoms with E-state index in [2.05, 4.69) is 53.1 Å². The van der Waals surface area contributed by atoms with Gasteiger partial charge < -0.3 is 5.32 Å². The Bertz CT molecular complexity index is 591. The van der Waals surface area contributed by atoms with E-state index in [0.29, 0.717) is 5.56 Å². The summed E-state index contributed by atoms with van der Waals surface area (Å²) in [7, 11) is 0. The van der Waals surface area contributed by atoms with Crippen molar-refractivity contribution in [2.24, 2.45) is 0 Å². The Kier molecular flexibility index (Phi) is 5.81. The topological polar surface area (TPSA) is 29.1 Å². The first-order valence-corrected chi connectivity index (χ1v) is 8.71. The molecule has 0 aliphatic heterocycles. The Balaban J connectivity index is 2.10. The Morgan fingerprint density at radius 2 is 1.60 bits per heavy atom. The molecule has 0 aliphatic carbocycles. The Labute approximate surface area is 143 Å². The highest BCUT2D eigenvalue weighted by Gasteiger charge is 2.08. The summed E-state index contributed by atoms with van der Waals surface area (Å²) in [5.41, 5.74) is 2.64. The molecule has 5 heteroatoms. The first-order valence-electron chi connectivity index (χ1n) is 6.01. The third kappa shape index (κ3) is 4.43. The van der Waals surface area contributed by atoms with Gasteiger partial charge in [-0.05, 0) is 42.3 Å². The van der Waals surface area contributed by atoms with E-state index in [1.165, 1.54) is 5.56 Å². The summed E-state index contributed by atoms with van der Waals surface area (Å²) in [5, 5.41) is 3.82. The molecule has 0 spiro atoms. The molecule has 0 saturated heterocycles. The van der Waals surface area contributed by atoms with Gasteiger partial charge in [-0.1, -0.05) is 59.9 Å². The van der Waals surface area contributed by atoms with Crippen molar-refractivity contribution in [1.29, 1.82) is 0 Å². The largest absolute Gasteiger partial charge is 0.322 e. The monoisotopic (exact) mass is 459 g/mol. The van der Waals surface area contributed by atoms with E-state index in [4.69, 9.17) is 0 Å². The smallest absolute Gasteiger partial charge is 0.255 e. The van der Waals surface area contributed by atoms with Gasteiger partial charge in [0.15, 0.2) is 0 Å². The maximum Gasteiger partial charge on any atom is 0.255 e. The summed E-state index contributed by atoms with van der Waals surface area (Å²) < 4.78 is 1.73. The number of hydrogen-bond donors (Lipinski definition) is 1. The highest BCUT2D eigenvalue weighted by Crippen LogP contribution is 2.21. The minimum absolute atomic E-state index is 0.125. The van der Waals surface area contributed by atoms with Gasteiger partial charge in [0, 0.05) is 25.5 Å². The average Bonchev–Trinajstić information content (AvgIpc) is 2.40. The van der Waals surface area contributed by atoms with Crippen molar-refractivity contribution in [3.05, 3.63) is 62.5 Å². The Morgan fingerprint density at radius 3 is 2.15 bits per heavy atom. The van der Waals surface area contributed by atoms with Crippen LogP contribution in [-0.2, 0) is 6.42 Å². The molecule has 0 aliphatic rings. The number of benzene rings is 2. The number of hydrogen-bond acceptors (Lipinski definition) is 1. The van der Waals surface area contributed by atoms with Crippen molar-refractivity contribution in [3.63, 3.8) is 0 Å². The van der Waals surface area contributed by atoms with Crippen LogP contribution in [0.15, 0.2) is 51.4 Å². The lowest BCUT2D eigenvalue weighted by molar-refractivity contribution is 0.102. The lowest BCUT2D eigenvalue weighted by Crippen LogP contribution is -2.11. The van der Waals surface area contributed by atoms with Gasteiger partial charge in [-0.3, -0.25) is 4.79 Å². The Morgan fingerprint density at radius 1 is 1.00 bits per heavy atom. The quantitative estimate of drug-likeness (QED) is 0.607. The van der Waals surface area contributed by atoms with Crippen LogP contribution in [0.1, 0.15) is 15.9 Å². The van der Waals surface area contributed by atoms with Gasteiger partial charge in [-0.15, -0.1) is 0 Å². The summed E-state index contributed by atoms with van der Waals surface area (Å²) >= 11 is 10.2. The highest BCUT2D eigenvalue weighted by atomic mass is 79.9. The summed E-state index contributed by atoms with van der Waals surface area (Å²) in [6, 6.07) is 13.4. The highest BCUT2D eigenvalue weighted by molar-refractivity contribution is 9.11. The molecule has 0 fully saturated rings. The van der Waals surface area contributed by atoms with Crippen molar-refractivity contribution in [1.82, 2.24) is 0 Å². The van der Waals surface area contributed by atoms with Crippen molar-refractivity contribution in [2.75, 3.05) is 10.6 Å². The summed E-state index contributed by atoms with van der Waals surface area (Å²) in [4.78, 5) is 12.2. The molecule has 0 saturated carbocycles. The number of carbonyl (C=O) groups excluding carboxylic acids is 1. The van der Waals surface area contributed by atoms with Gasteiger partial charge in [0.05, 0.1) is 0 Å². The molecule has 1 N–H and O–H groups in total. The molecule has 0 heterocycles. The van der Waals surface area contributed by atoms with Gasteiger partial charge in [-0.2, -0.15) is 0 Å². The molecule has 0 unspecified atom stereocenters. The molecule has 2 aromatic carbocycles. The zero-order valence-corrected chi connectivity index (χ0v) is 15.3. The summed E-state index contributed by atoms with van der Waals surface area (Å²) in [6.45, 7) is 0. The van der Waals surface area contributed by atoms with Gasteiger partial charge in [0.25, 0.3) is 5.91 Å². The fraction of sp³-hybridized carbons (Fsp3) is 0.133. The maximum absolute atomic E-state index is 12.2. The van der Waals surface area contributed by atoms with E-state index in [1.54, 1.807) is 12.1 Å². The minimum atomic E-state index is -0.125. The molecule has 20 heavy (non-hydrogen) atoms. The van der Waals surface area contributed by atoms with E-state index < -0.39 is 0 Å². The van der Waals surface area contributed by atoms with Crippen LogP contribution in [-0.4, -0.2) is 11.2 Å². The minimum Gasteiger partial charge on any atom is -0.322 e. The number of anilines is 1. The second-order valence-electron chi connectivity index (χ2n) is 4.25. The van der Waals surface area contributed by atoms with Gasteiger partial charge in [0.1, 0.15) is 0 Å². The molecule has 104 valence electrons. The first-order chi connectivity index (χ1) is 9.58. The summed E-state index contributed by atoms with van der Waals surface area (Å²) in [5.74, 6) is -0.125. The van der Waals surface area contributed by atoms with Crippen LogP contribution in [0.3, 0.4) is 0 Å². The number of alkyl halides is 1. The third-order valence-corrected chi connectivity index (χ3v) is 4.03. The molecular formula is C15H12Br3NO. The van der Waals surface area contributed by atoms with Gasteiger partial charge in [-0.25, -0.2) is 0 Å². The fourth-order valence-electron chi connectivity index (χ4n) is 1.75. The standard InChI is InChI=1S/C15H12Br3NO/c16-6-5-10-1-3-14(4-2-10)19-15(20)11-7-12(17)9-13(18)8-11/h1-4,7-9H,5-6H2,(H,19,20). The van der Waals surface area contributed by atoms with Crippen LogP contribution in [0.2, 0.25) is 0 Å². The molecule has 2 nitrogen and oxygen atoms in total. The van der Waals surface area contributed by atoms with Crippen molar-refractivity contribution in [3.8, 4) is 0 Å². The second kappa shape index (κ2) is 7.38. The van der Waals surface area contributed by atoms with Gasteiger partial charge >= 0.3 is 0 Å². The molecule has 2 rings (SSSR count). The zero-order chi connectivity index (χ0) is 14.5. The lowest BCUT2D eigenvalue weighted by atomic mass is 10.1. The fourth-order valence-corrected chi connectivity index (χ4v) is 3.50. The number of aryl methyl sites for hydroxylation is 1. The summed E-state index contributed by atoms with van der Waals surface area (Å²) in [6.07, 6.45) is 0.979. The zero-order valence-electron chi connectivity index (χ0n) is 10.5. The van der Waals surface area contributed by atoms with Crippen LogP contribution < -0.4 is 5.32 Å². The predicted octanol–water partition coefficient (Wildman–Crippen LogP) is 5.40. The predicted molar refractivity (Wildman–Crippen MR) is 93.7 cm³/mol. The van der Waals surface area contributed by atoms with Crippen LogP contribution in [0.4, 0.5) is 5.69 Å². The van der Waals surface area contributed by atoms with E-state index >= 15 is 0 Å². The number of amides is 1. The van der Waals surface area contributed by atoms with E-state index in [-0.39, 0.29) is 5.91 Å². The second-order valence-corrected chi connectivity index (χ2v) is 6.87. The van der Waals surface area contributed by atoms with Crippen molar-refractivity contribution >= 4 is 59.4 Å². The molecular weight excluding hydrogens is 450 g/mol. The number of carbonyl (C=O) groups is 1. The lowest BCUT2D eigenvalue weighted by Gasteiger charge is -2.07. The van der Waals surface area contributed by atoms with Crippen LogP contribution in [0.25, 0.3) is 0 Å². The SMILES string of the molecule is O=C(Nc1ccc(CCBr)cc1)c1cc(Br)cc(Br)c1. The average molecular weight is 462 g/mol. The number of rotatable bonds is 4. The first kappa shape index (κ1) is 15.7. The van der Waals surface area contributed by atoms with Crippen LogP contribution in [0, 0.1) is 0 Å².